The Labute approximate surface area is 167 Å². The number of hydrogen-bond donors (Lipinski definition) is 2. The Hall–Kier alpha value is -2.62. The molecule has 1 heterocycles. The molecule has 0 saturated heterocycles. The maximum absolute atomic E-state index is 12.6. The van der Waals surface area contributed by atoms with Crippen LogP contribution in [0.5, 0.6) is 0 Å². The number of hydrogen-bond acceptors (Lipinski definition) is 2. The van der Waals surface area contributed by atoms with Gasteiger partial charge in [-0.1, -0.05) is 52.8 Å². The summed E-state index contributed by atoms with van der Waals surface area (Å²) in [5.41, 5.74) is 4.39. The molecule has 28 heavy (non-hydrogen) atoms. The maximum atomic E-state index is 12.6. The van der Waals surface area contributed by atoms with Gasteiger partial charge in [0.25, 0.3) is 5.91 Å². The largest absolute Gasteiger partial charge is 0.326 e. The summed E-state index contributed by atoms with van der Waals surface area (Å²) in [5.74, 6) is -0.114. The standard InChI is InChI=1S/C24H30N2O2/c1-6-24(7-2)15-21(27)26-20-14-18(12-13-19(20)24)25-22(28)16-8-10-17(11-9-16)23(3,4)5/h8-14H,6-7,15H2,1-5H3,(H,25,28)(H,26,27). The molecule has 2 aromatic rings. The lowest BCUT2D eigenvalue weighted by Gasteiger charge is -2.37. The predicted octanol–water partition coefficient (Wildman–Crippen LogP) is 5.64. The van der Waals surface area contributed by atoms with Gasteiger partial charge in [0, 0.05) is 28.8 Å². The first-order valence-electron chi connectivity index (χ1n) is 10.0. The lowest BCUT2D eigenvalue weighted by Crippen LogP contribution is -2.36. The molecule has 0 fully saturated rings. The smallest absolute Gasteiger partial charge is 0.255 e. The number of carbonyl (C=O) groups excluding carboxylic acids is 2. The zero-order valence-corrected chi connectivity index (χ0v) is 17.5. The van der Waals surface area contributed by atoms with Crippen LogP contribution >= 0.6 is 0 Å². The minimum absolute atomic E-state index is 0.0393. The van der Waals surface area contributed by atoms with Gasteiger partial charge in [-0.3, -0.25) is 9.59 Å². The van der Waals surface area contributed by atoms with E-state index in [1.54, 1.807) is 0 Å². The van der Waals surface area contributed by atoms with E-state index >= 15 is 0 Å². The lowest BCUT2D eigenvalue weighted by molar-refractivity contribution is -0.118. The number of amides is 2. The molecule has 2 amide bonds. The Balaban J connectivity index is 1.83. The normalized spacial score (nSPS) is 15.5. The van der Waals surface area contributed by atoms with Crippen molar-refractivity contribution in [3.05, 3.63) is 59.2 Å². The summed E-state index contributed by atoms with van der Waals surface area (Å²) in [4.78, 5) is 24.9. The fraction of sp³-hybridized carbons (Fsp3) is 0.417. The monoisotopic (exact) mass is 378 g/mol. The van der Waals surface area contributed by atoms with Gasteiger partial charge in [-0.2, -0.15) is 0 Å². The number of rotatable bonds is 4. The van der Waals surface area contributed by atoms with Crippen LogP contribution in [-0.4, -0.2) is 11.8 Å². The Morgan fingerprint density at radius 1 is 1.07 bits per heavy atom. The van der Waals surface area contributed by atoms with Gasteiger partial charge in [0.2, 0.25) is 5.91 Å². The lowest BCUT2D eigenvalue weighted by atomic mass is 9.70. The third kappa shape index (κ3) is 3.82. The summed E-state index contributed by atoms with van der Waals surface area (Å²) in [6.07, 6.45) is 2.34. The van der Waals surface area contributed by atoms with E-state index in [4.69, 9.17) is 0 Å². The van der Waals surface area contributed by atoms with Gasteiger partial charge >= 0.3 is 0 Å². The van der Waals surface area contributed by atoms with Crippen molar-refractivity contribution < 1.29 is 9.59 Å². The van der Waals surface area contributed by atoms with E-state index in [0.29, 0.717) is 17.7 Å². The summed E-state index contributed by atoms with van der Waals surface area (Å²) < 4.78 is 0. The molecule has 3 rings (SSSR count). The minimum atomic E-state index is -0.153. The van der Waals surface area contributed by atoms with E-state index in [9.17, 15) is 9.59 Å². The topological polar surface area (TPSA) is 58.2 Å². The Kier molecular flexibility index (Phi) is 5.33. The van der Waals surface area contributed by atoms with E-state index in [1.807, 2.05) is 42.5 Å². The van der Waals surface area contributed by atoms with Crippen LogP contribution in [0.4, 0.5) is 11.4 Å². The summed E-state index contributed by atoms with van der Waals surface area (Å²) in [7, 11) is 0. The zero-order valence-electron chi connectivity index (χ0n) is 17.5. The van der Waals surface area contributed by atoms with Crippen LogP contribution in [0.15, 0.2) is 42.5 Å². The van der Waals surface area contributed by atoms with Crippen molar-refractivity contribution in [3.63, 3.8) is 0 Å². The van der Waals surface area contributed by atoms with Crippen molar-refractivity contribution in [3.8, 4) is 0 Å². The highest BCUT2D eigenvalue weighted by molar-refractivity contribution is 6.05. The molecule has 4 nitrogen and oxygen atoms in total. The Morgan fingerprint density at radius 2 is 1.71 bits per heavy atom. The van der Waals surface area contributed by atoms with Crippen LogP contribution in [-0.2, 0) is 15.6 Å². The molecule has 2 N–H and O–H groups in total. The molecule has 0 spiro atoms. The second kappa shape index (κ2) is 7.42. The molecule has 2 aromatic carbocycles. The number of carbonyl (C=O) groups is 2. The maximum Gasteiger partial charge on any atom is 0.255 e. The van der Waals surface area contributed by atoms with Gasteiger partial charge in [-0.15, -0.1) is 0 Å². The fourth-order valence-electron chi connectivity index (χ4n) is 3.99. The van der Waals surface area contributed by atoms with Crippen LogP contribution in [0.25, 0.3) is 0 Å². The van der Waals surface area contributed by atoms with Crippen LogP contribution < -0.4 is 10.6 Å². The van der Waals surface area contributed by atoms with Crippen LogP contribution in [0, 0.1) is 0 Å². The van der Waals surface area contributed by atoms with Crippen LogP contribution in [0.3, 0.4) is 0 Å². The predicted molar refractivity (Wildman–Crippen MR) is 115 cm³/mol. The summed E-state index contributed by atoms with van der Waals surface area (Å²) in [6, 6.07) is 13.5. The highest BCUT2D eigenvalue weighted by atomic mass is 16.2. The second-order valence-electron chi connectivity index (χ2n) is 8.75. The number of fused-ring (bicyclic) bond motifs is 1. The van der Waals surface area contributed by atoms with Gasteiger partial charge in [0.1, 0.15) is 0 Å². The van der Waals surface area contributed by atoms with E-state index in [-0.39, 0.29) is 22.6 Å². The zero-order chi connectivity index (χ0) is 20.5. The Morgan fingerprint density at radius 3 is 2.29 bits per heavy atom. The van der Waals surface area contributed by atoms with Gasteiger partial charge < -0.3 is 10.6 Å². The molecule has 1 aliphatic rings. The van der Waals surface area contributed by atoms with Crippen molar-refractivity contribution >= 4 is 23.2 Å². The molecular weight excluding hydrogens is 348 g/mol. The van der Waals surface area contributed by atoms with E-state index in [1.165, 1.54) is 5.56 Å². The van der Waals surface area contributed by atoms with E-state index in [2.05, 4.69) is 45.3 Å². The van der Waals surface area contributed by atoms with Gasteiger partial charge in [-0.05, 0) is 53.6 Å². The first-order chi connectivity index (χ1) is 13.2. The Bertz CT molecular complexity index is 888. The molecule has 0 aliphatic carbocycles. The minimum Gasteiger partial charge on any atom is -0.326 e. The van der Waals surface area contributed by atoms with Crippen molar-refractivity contribution in [1.29, 1.82) is 0 Å². The summed E-state index contributed by atoms with van der Waals surface area (Å²) in [5, 5.41) is 5.93. The van der Waals surface area contributed by atoms with Crippen molar-refractivity contribution in [1.82, 2.24) is 0 Å². The molecule has 4 heteroatoms. The number of benzene rings is 2. The molecule has 1 aliphatic heterocycles. The average molecular weight is 379 g/mol. The van der Waals surface area contributed by atoms with Gasteiger partial charge in [-0.25, -0.2) is 0 Å². The highest BCUT2D eigenvalue weighted by Crippen LogP contribution is 2.43. The third-order valence-electron chi connectivity index (χ3n) is 5.99. The molecule has 0 atom stereocenters. The van der Waals surface area contributed by atoms with Gasteiger partial charge in [0.15, 0.2) is 0 Å². The second-order valence-corrected chi connectivity index (χ2v) is 8.75. The quantitative estimate of drug-likeness (QED) is 0.724. The van der Waals surface area contributed by atoms with E-state index < -0.39 is 0 Å². The van der Waals surface area contributed by atoms with Gasteiger partial charge in [0.05, 0.1) is 0 Å². The van der Waals surface area contributed by atoms with Crippen LogP contribution in [0.1, 0.15) is 75.4 Å². The van der Waals surface area contributed by atoms with Crippen molar-refractivity contribution in [2.75, 3.05) is 10.6 Å². The molecule has 0 unspecified atom stereocenters. The summed E-state index contributed by atoms with van der Waals surface area (Å²) in [6.45, 7) is 10.7. The first-order valence-corrected chi connectivity index (χ1v) is 10.0. The fourth-order valence-corrected chi connectivity index (χ4v) is 3.99. The highest BCUT2D eigenvalue weighted by Gasteiger charge is 2.37. The van der Waals surface area contributed by atoms with Crippen LogP contribution in [0.2, 0.25) is 0 Å². The molecule has 0 radical (unpaired) electrons. The molecule has 0 saturated carbocycles. The molecule has 148 valence electrons. The number of anilines is 2. The third-order valence-corrected chi connectivity index (χ3v) is 5.99. The van der Waals surface area contributed by atoms with E-state index in [0.717, 1.165) is 24.1 Å². The first kappa shape index (κ1) is 20.1. The average Bonchev–Trinajstić information content (AvgIpc) is 2.66. The SMILES string of the molecule is CCC1(CC)CC(=O)Nc2cc(NC(=O)c3ccc(C(C)(C)C)cc3)ccc21. The molecule has 0 aromatic heterocycles. The summed E-state index contributed by atoms with van der Waals surface area (Å²) >= 11 is 0. The molecular formula is C24H30N2O2. The van der Waals surface area contributed by atoms with Crippen molar-refractivity contribution in [2.45, 2.75) is 64.7 Å². The number of nitrogens with one attached hydrogen (secondary N) is 2. The van der Waals surface area contributed by atoms with Crippen molar-refractivity contribution in [2.24, 2.45) is 0 Å². The molecule has 0 bridgehead atoms.